The number of likely N-dealkylation sites (tertiary alicyclic amines) is 1. The lowest BCUT2D eigenvalue weighted by atomic mass is 9.81. The van der Waals surface area contributed by atoms with Crippen molar-refractivity contribution in [3.05, 3.63) is 0 Å². The molecule has 16 heavy (non-hydrogen) atoms. The van der Waals surface area contributed by atoms with Gasteiger partial charge in [0.15, 0.2) is 0 Å². The maximum Gasteiger partial charge on any atom is 0.410 e. The van der Waals surface area contributed by atoms with E-state index in [1.807, 2.05) is 27.8 Å². The molecular weight excluding hydrogens is 208 g/mol. The fourth-order valence-corrected chi connectivity index (χ4v) is 1.86. The number of aliphatic hydroxyl groups is 1. The SMILES string of the molecule is CNCC1(CO)CN(C(=O)OC(C)(C)C)C1. The molecule has 0 spiro atoms. The van der Waals surface area contributed by atoms with Gasteiger partial charge in [-0.3, -0.25) is 0 Å². The predicted octanol–water partition coefficient (Wildman–Crippen LogP) is 0.435. The number of carbonyl (C=O) groups excluding carboxylic acids is 1. The molecule has 0 radical (unpaired) electrons. The summed E-state index contributed by atoms with van der Waals surface area (Å²) in [6.07, 6.45) is -0.298. The van der Waals surface area contributed by atoms with Gasteiger partial charge in [-0.2, -0.15) is 0 Å². The molecule has 1 aliphatic heterocycles. The minimum Gasteiger partial charge on any atom is -0.444 e. The Hall–Kier alpha value is -0.810. The Kier molecular flexibility index (Phi) is 3.80. The second-order valence-electron chi connectivity index (χ2n) is 5.52. The molecule has 0 aromatic carbocycles. The van der Waals surface area contributed by atoms with E-state index in [4.69, 9.17) is 4.74 Å². The van der Waals surface area contributed by atoms with Gasteiger partial charge in [-0.1, -0.05) is 0 Å². The molecule has 94 valence electrons. The van der Waals surface area contributed by atoms with Gasteiger partial charge in [0.1, 0.15) is 5.60 Å². The zero-order valence-electron chi connectivity index (χ0n) is 10.5. The number of amides is 1. The smallest absolute Gasteiger partial charge is 0.410 e. The minimum absolute atomic E-state index is 0.0904. The number of ether oxygens (including phenoxy) is 1. The highest BCUT2D eigenvalue weighted by Gasteiger charge is 2.45. The van der Waals surface area contributed by atoms with Crippen LogP contribution in [0.2, 0.25) is 0 Å². The zero-order valence-corrected chi connectivity index (χ0v) is 10.5. The van der Waals surface area contributed by atoms with Crippen LogP contribution in [0, 0.1) is 5.41 Å². The van der Waals surface area contributed by atoms with Crippen molar-refractivity contribution in [1.82, 2.24) is 10.2 Å². The standard InChI is InChI=1S/C11H22N2O3/c1-10(2,3)16-9(15)13-6-11(7-13,8-14)5-12-4/h12,14H,5-8H2,1-4H3. The van der Waals surface area contributed by atoms with E-state index in [1.54, 1.807) is 4.90 Å². The average molecular weight is 230 g/mol. The van der Waals surface area contributed by atoms with Crippen LogP contribution < -0.4 is 5.32 Å². The van der Waals surface area contributed by atoms with Crippen LogP contribution in [0.25, 0.3) is 0 Å². The first kappa shape index (κ1) is 13.3. The van der Waals surface area contributed by atoms with Crippen molar-refractivity contribution in [2.45, 2.75) is 26.4 Å². The predicted molar refractivity (Wildman–Crippen MR) is 61.3 cm³/mol. The minimum atomic E-state index is -0.461. The zero-order chi connectivity index (χ0) is 12.4. The number of aliphatic hydroxyl groups excluding tert-OH is 1. The molecule has 5 nitrogen and oxygen atoms in total. The molecule has 0 atom stereocenters. The van der Waals surface area contributed by atoms with E-state index >= 15 is 0 Å². The third-order valence-corrected chi connectivity index (χ3v) is 2.59. The van der Waals surface area contributed by atoms with Gasteiger partial charge in [0.25, 0.3) is 0 Å². The number of carbonyl (C=O) groups is 1. The molecule has 0 aromatic heterocycles. The summed E-state index contributed by atoms with van der Waals surface area (Å²) in [5.74, 6) is 0. The van der Waals surface area contributed by atoms with Crippen LogP contribution >= 0.6 is 0 Å². The molecule has 5 heteroatoms. The van der Waals surface area contributed by atoms with E-state index in [9.17, 15) is 9.90 Å². The molecule has 0 saturated carbocycles. The van der Waals surface area contributed by atoms with E-state index in [1.165, 1.54) is 0 Å². The Morgan fingerprint density at radius 1 is 1.50 bits per heavy atom. The molecule has 1 rings (SSSR count). The lowest BCUT2D eigenvalue weighted by molar-refractivity contribution is -0.0539. The van der Waals surface area contributed by atoms with Gasteiger partial charge in [0.05, 0.1) is 6.61 Å². The number of hydrogen-bond donors (Lipinski definition) is 2. The van der Waals surface area contributed by atoms with Crippen LogP contribution in [0.1, 0.15) is 20.8 Å². The van der Waals surface area contributed by atoms with Gasteiger partial charge in [-0.15, -0.1) is 0 Å². The van der Waals surface area contributed by atoms with Crippen LogP contribution in [-0.2, 0) is 4.74 Å². The average Bonchev–Trinajstić information content (AvgIpc) is 2.07. The van der Waals surface area contributed by atoms with Gasteiger partial charge < -0.3 is 20.1 Å². The highest BCUT2D eigenvalue weighted by molar-refractivity contribution is 5.69. The Labute approximate surface area is 96.8 Å². The molecule has 1 fully saturated rings. The van der Waals surface area contributed by atoms with Gasteiger partial charge in [-0.25, -0.2) is 4.79 Å². The largest absolute Gasteiger partial charge is 0.444 e. The lowest BCUT2D eigenvalue weighted by Gasteiger charge is -2.48. The second kappa shape index (κ2) is 4.59. The van der Waals surface area contributed by atoms with E-state index in [-0.39, 0.29) is 18.1 Å². The van der Waals surface area contributed by atoms with E-state index in [2.05, 4.69) is 5.32 Å². The van der Waals surface area contributed by atoms with Gasteiger partial charge in [0, 0.05) is 25.0 Å². The molecule has 0 bridgehead atoms. The first-order valence-corrected chi connectivity index (χ1v) is 5.55. The summed E-state index contributed by atoms with van der Waals surface area (Å²) in [5, 5.41) is 12.3. The van der Waals surface area contributed by atoms with E-state index in [0.29, 0.717) is 19.6 Å². The van der Waals surface area contributed by atoms with Crippen molar-refractivity contribution in [3.63, 3.8) is 0 Å². The van der Waals surface area contributed by atoms with Crippen LogP contribution in [0.4, 0.5) is 4.79 Å². The van der Waals surface area contributed by atoms with Crippen LogP contribution in [0.5, 0.6) is 0 Å². The number of hydrogen-bond acceptors (Lipinski definition) is 4. The summed E-state index contributed by atoms with van der Waals surface area (Å²) < 4.78 is 5.24. The Morgan fingerprint density at radius 2 is 2.06 bits per heavy atom. The normalized spacial score (nSPS) is 19.2. The van der Waals surface area contributed by atoms with Gasteiger partial charge in [0.2, 0.25) is 0 Å². The van der Waals surface area contributed by atoms with Crippen molar-refractivity contribution in [3.8, 4) is 0 Å². The third-order valence-electron chi connectivity index (χ3n) is 2.59. The first-order chi connectivity index (χ1) is 7.32. The molecule has 0 aliphatic carbocycles. The fourth-order valence-electron chi connectivity index (χ4n) is 1.86. The molecule has 2 N–H and O–H groups in total. The molecule has 0 unspecified atom stereocenters. The van der Waals surface area contributed by atoms with Crippen molar-refractivity contribution in [1.29, 1.82) is 0 Å². The summed E-state index contributed by atoms with van der Waals surface area (Å²) in [4.78, 5) is 13.3. The fraction of sp³-hybridized carbons (Fsp3) is 0.909. The van der Waals surface area contributed by atoms with Crippen LogP contribution in [0.15, 0.2) is 0 Å². The molecule has 1 saturated heterocycles. The van der Waals surface area contributed by atoms with Crippen molar-refractivity contribution < 1.29 is 14.6 Å². The molecular formula is C11H22N2O3. The number of rotatable bonds is 3. The lowest BCUT2D eigenvalue weighted by Crippen LogP contribution is -2.64. The highest BCUT2D eigenvalue weighted by atomic mass is 16.6. The Balaban J connectivity index is 2.42. The topological polar surface area (TPSA) is 61.8 Å². The van der Waals surface area contributed by atoms with Crippen LogP contribution in [0.3, 0.4) is 0 Å². The highest BCUT2D eigenvalue weighted by Crippen LogP contribution is 2.30. The van der Waals surface area contributed by atoms with Crippen molar-refractivity contribution >= 4 is 6.09 Å². The van der Waals surface area contributed by atoms with Gasteiger partial charge in [-0.05, 0) is 27.8 Å². The maximum absolute atomic E-state index is 11.7. The molecule has 1 amide bonds. The molecule has 1 heterocycles. The van der Waals surface area contributed by atoms with E-state index in [0.717, 1.165) is 0 Å². The third kappa shape index (κ3) is 3.09. The number of nitrogens with one attached hydrogen (secondary N) is 1. The Morgan fingerprint density at radius 3 is 2.44 bits per heavy atom. The summed E-state index contributed by atoms with van der Waals surface area (Å²) in [5.41, 5.74) is -0.650. The molecule has 0 aromatic rings. The number of nitrogens with zero attached hydrogens (tertiary/aromatic N) is 1. The van der Waals surface area contributed by atoms with Crippen molar-refractivity contribution in [2.75, 3.05) is 33.3 Å². The van der Waals surface area contributed by atoms with E-state index < -0.39 is 5.60 Å². The Bertz CT molecular complexity index is 254. The maximum atomic E-state index is 11.7. The first-order valence-electron chi connectivity index (χ1n) is 5.55. The second-order valence-corrected chi connectivity index (χ2v) is 5.52. The monoisotopic (exact) mass is 230 g/mol. The summed E-state index contributed by atoms with van der Waals surface area (Å²) in [6.45, 7) is 7.45. The summed E-state index contributed by atoms with van der Waals surface area (Å²) in [6, 6.07) is 0. The van der Waals surface area contributed by atoms with Gasteiger partial charge >= 0.3 is 6.09 Å². The molecule has 1 aliphatic rings. The summed E-state index contributed by atoms with van der Waals surface area (Å²) >= 11 is 0. The summed E-state index contributed by atoms with van der Waals surface area (Å²) in [7, 11) is 1.84. The van der Waals surface area contributed by atoms with Crippen LogP contribution in [-0.4, -0.2) is 55.0 Å². The quantitative estimate of drug-likeness (QED) is 0.738. The van der Waals surface area contributed by atoms with Crippen molar-refractivity contribution in [2.24, 2.45) is 5.41 Å².